The topological polar surface area (TPSA) is 73.4 Å². The van der Waals surface area contributed by atoms with Crippen LogP contribution in [0.4, 0.5) is 10.1 Å². The molecular formula is C24H31FN4OS2. The second-order valence-electron chi connectivity index (χ2n) is 7.57. The van der Waals surface area contributed by atoms with Gasteiger partial charge in [-0.05, 0) is 82.8 Å². The van der Waals surface area contributed by atoms with E-state index in [1.807, 2.05) is 45.2 Å². The number of ether oxygens (including phenoxy) is 1. The molecule has 0 fully saturated rings. The predicted molar refractivity (Wildman–Crippen MR) is 136 cm³/mol. The summed E-state index contributed by atoms with van der Waals surface area (Å²) in [6.45, 7) is 10.4. The monoisotopic (exact) mass is 474 g/mol. The summed E-state index contributed by atoms with van der Waals surface area (Å²) >= 11 is 4.78. The first kappa shape index (κ1) is 26.0. The number of hydrogen-bond donors (Lipinski definition) is 1. The van der Waals surface area contributed by atoms with Crippen LogP contribution in [-0.4, -0.2) is 22.8 Å². The van der Waals surface area contributed by atoms with Crippen molar-refractivity contribution in [1.29, 1.82) is 0 Å². The molecule has 1 aromatic carbocycles. The third-order valence-electron chi connectivity index (χ3n) is 5.00. The number of aryl methyl sites for hydroxylation is 1. The molecule has 0 amide bonds. The highest BCUT2D eigenvalue weighted by Crippen LogP contribution is 2.34. The highest BCUT2D eigenvalue weighted by molar-refractivity contribution is 8.27. The number of benzene rings is 1. The van der Waals surface area contributed by atoms with Crippen molar-refractivity contribution >= 4 is 43.3 Å². The molecule has 8 heteroatoms. The highest BCUT2D eigenvalue weighted by Gasteiger charge is 2.15. The summed E-state index contributed by atoms with van der Waals surface area (Å²) in [6, 6.07) is 8.93. The molecule has 0 saturated carbocycles. The number of aromatic nitrogens is 2. The van der Waals surface area contributed by atoms with Gasteiger partial charge in [-0.15, -0.1) is 0 Å². The summed E-state index contributed by atoms with van der Waals surface area (Å²) in [4.78, 5) is 13.9. The maximum Gasteiger partial charge on any atom is 0.215 e. The Morgan fingerprint density at radius 3 is 2.50 bits per heavy atom. The van der Waals surface area contributed by atoms with Crippen LogP contribution in [0.3, 0.4) is 0 Å². The van der Waals surface area contributed by atoms with Crippen LogP contribution >= 0.6 is 0 Å². The van der Waals surface area contributed by atoms with E-state index in [0.29, 0.717) is 22.3 Å². The third-order valence-corrected chi connectivity index (χ3v) is 6.31. The van der Waals surface area contributed by atoms with E-state index in [9.17, 15) is 4.39 Å². The van der Waals surface area contributed by atoms with Gasteiger partial charge in [0, 0.05) is 17.2 Å². The molecule has 32 heavy (non-hydrogen) atoms. The van der Waals surface area contributed by atoms with Crippen LogP contribution in [-0.2, 0) is 27.2 Å². The Hall–Kier alpha value is -2.29. The van der Waals surface area contributed by atoms with E-state index in [2.05, 4.69) is 28.8 Å². The summed E-state index contributed by atoms with van der Waals surface area (Å²) < 4.78 is 18.3. The maximum atomic E-state index is 13.1. The Bertz CT molecular complexity index is 1130. The van der Waals surface area contributed by atoms with Gasteiger partial charge in [-0.1, -0.05) is 26.8 Å². The van der Waals surface area contributed by atoms with Gasteiger partial charge in [0.1, 0.15) is 5.82 Å². The smallest absolute Gasteiger partial charge is 0.215 e. The lowest BCUT2D eigenvalue weighted by Gasteiger charge is -2.15. The minimum Gasteiger partial charge on any atom is -0.481 e. The third kappa shape index (κ3) is 6.60. The van der Waals surface area contributed by atoms with Crippen molar-refractivity contribution in [2.75, 3.05) is 7.11 Å². The zero-order valence-corrected chi connectivity index (χ0v) is 21.1. The number of halogens is 1. The van der Waals surface area contributed by atoms with Gasteiger partial charge in [0.2, 0.25) is 5.88 Å². The molecule has 2 atom stereocenters. The number of nitrogens with zero attached hydrogens (tertiary/aromatic N) is 3. The summed E-state index contributed by atoms with van der Waals surface area (Å²) in [5, 5.41) is 6.47. The number of aliphatic imine (C=N–C) groups is 1. The van der Waals surface area contributed by atoms with E-state index in [1.165, 1.54) is 11.6 Å². The van der Waals surface area contributed by atoms with Crippen molar-refractivity contribution in [1.82, 2.24) is 9.97 Å². The molecule has 0 radical (unpaired) electrons. The van der Waals surface area contributed by atoms with E-state index < -0.39 is 9.64 Å². The SMILES string of the molecule is CCC(C)c1c(N=C(C)C)cnc2nc(OC)ccc12.CCc1ccc(S(N)=S)c(F)c1. The van der Waals surface area contributed by atoms with Gasteiger partial charge in [-0.3, -0.25) is 10.1 Å². The van der Waals surface area contributed by atoms with E-state index in [4.69, 9.17) is 21.1 Å². The summed E-state index contributed by atoms with van der Waals surface area (Å²) in [6.07, 6.45) is 3.69. The molecule has 172 valence electrons. The molecule has 2 unspecified atom stereocenters. The quantitative estimate of drug-likeness (QED) is 0.446. The standard InChI is InChI=1S/C16H21N3O.C8H10FNS2/c1-6-11(4)15-12-7-8-14(20-5)19-16(12)17-9-13(15)18-10(2)3;1-2-6-3-4-8(12(10)11)7(9)5-6/h7-9,11H,6H2,1-5H3;3-5H,2,10H2,1H3. The van der Waals surface area contributed by atoms with Gasteiger partial charge < -0.3 is 4.74 Å². The van der Waals surface area contributed by atoms with Gasteiger partial charge in [-0.25, -0.2) is 9.37 Å². The normalized spacial score (nSPS) is 12.5. The molecule has 2 aromatic heterocycles. The Labute approximate surface area is 197 Å². The summed E-state index contributed by atoms with van der Waals surface area (Å²) in [5.41, 5.74) is 4.87. The van der Waals surface area contributed by atoms with Crippen LogP contribution in [0.25, 0.3) is 11.0 Å². The number of rotatable bonds is 6. The maximum absolute atomic E-state index is 13.1. The fourth-order valence-corrected chi connectivity index (χ4v) is 4.02. The fraction of sp³-hybridized carbons (Fsp3) is 0.375. The van der Waals surface area contributed by atoms with Crippen molar-refractivity contribution in [2.24, 2.45) is 10.1 Å². The summed E-state index contributed by atoms with van der Waals surface area (Å²) in [5.74, 6) is 0.715. The number of pyridine rings is 2. The predicted octanol–water partition coefficient (Wildman–Crippen LogP) is 5.97. The average Bonchev–Trinajstić information content (AvgIpc) is 2.77. The minimum atomic E-state index is -0.892. The lowest BCUT2D eigenvalue weighted by molar-refractivity contribution is 0.399. The first-order chi connectivity index (χ1) is 15.2. The van der Waals surface area contributed by atoms with Crippen molar-refractivity contribution in [3.8, 4) is 5.88 Å². The average molecular weight is 475 g/mol. The van der Waals surface area contributed by atoms with Gasteiger partial charge in [0.15, 0.2) is 5.65 Å². The van der Waals surface area contributed by atoms with Crippen molar-refractivity contribution in [3.63, 3.8) is 0 Å². The zero-order chi connectivity index (χ0) is 23.8. The van der Waals surface area contributed by atoms with E-state index >= 15 is 0 Å². The van der Waals surface area contributed by atoms with Crippen molar-refractivity contribution in [2.45, 2.75) is 58.3 Å². The molecule has 0 aliphatic heterocycles. The first-order valence-electron chi connectivity index (χ1n) is 10.5. The van der Waals surface area contributed by atoms with Crippen LogP contribution < -0.4 is 9.88 Å². The minimum absolute atomic E-state index is 0.282. The molecule has 3 rings (SSSR count). The van der Waals surface area contributed by atoms with Gasteiger partial charge in [-0.2, -0.15) is 4.98 Å². The molecule has 0 saturated heterocycles. The van der Waals surface area contributed by atoms with Gasteiger partial charge >= 0.3 is 0 Å². The van der Waals surface area contributed by atoms with Gasteiger partial charge in [0.25, 0.3) is 0 Å². The van der Waals surface area contributed by atoms with E-state index in [1.54, 1.807) is 13.2 Å². The second-order valence-corrected chi connectivity index (χ2v) is 9.68. The Kier molecular flexibility index (Phi) is 9.81. The molecule has 0 aliphatic rings. The highest BCUT2D eigenvalue weighted by atomic mass is 32.8. The summed E-state index contributed by atoms with van der Waals surface area (Å²) in [7, 11) is 0.721. The molecule has 0 aliphatic carbocycles. The Morgan fingerprint density at radius 2 is 1.97 bits per heavy atom. The van der Waals surface area contributed by atoms with E-state index in [0.717, 1.165) is 35.2 Å². The number of hydrogen-bond acceptors (Lipinski definition) is 5. The lowest BCUT2D eigenvalue weighted by Crippen LogP contribution is -2.04. The fourth-order valence-electron chi connectivity index (χ4n) is 3.16. The Morgan fingerprint density at radius 1 is 1.25 bits per heavy atom. The van der Waals surface area contributed by atoms with Gasteiger partial charge in [0.05, 0.1) is 23.9 Å². The molecule has 0 bridgehead atoms. The van der Waals surface area contributed by atoms with Crippen molar-refractivity contribution < 1.29 is 9.13 Å². The van der Waals surface area contributed by atoms with Crippen LogP contribution in [0.1, 0.15) is 58.1 Å². The zero-order valence-electron chi connectivity index (χ0n) is 19.5. The van der Waals surface area contributed by atoms with Crippen molar-refractivity contribution in [3.05, 3.63) is 53.5 Å². The van der Waals surface area contributed by atoms with Crippen LogP contribution in [0.15, 0.2) is 46.4 Å². The molecule has 0 spiro atoms. The number of fused-ring (bicyclic) bond motifs is 1. The lowest BCUT2D eigenvalue weighted by atomic mass is 9.94. The number of methoxy groups -OCH3 is 1. The van der Waals surface area contributed by atoms with Crippen LogP contribution in [0, 0.1) is 5.82 Å². The van der Waals surface area contributed by atoms with Crippen LogP contribution in [0.2, 0.25) is 0 Å². The second kappa shape index (κ2) is 12.1. The molecule has 5 nitrogen and oxygen atoms in total. The molecule has 3 aromatic rings. The molecule has 2 heterocycles. The Balaban J connectivity index is 0.000000258. The van der Waals surface area contributed by atoms with Crippen LogP contribution in [0.5, 0.6) is 5.88 Å². The first-order valence-corrected chi connectivity index (χ1v) is 12.7. The molecular weight excluding hydrogens is 443 g/mol. The molecule has 2 N–H and O–H groups in total. The van der Waals surface area contributed by atoms with E-state index in [-0.39, 0.29) is 5.82 Å². The number of nitrogens with two attached hydrogens (primary N) is 1. The largest absolute Gasteiger partial charge is 0.481 e.